The first-order valence-corrected chi connectivity index (χ1v) is 8.88. The molecule has 2 heterocycles. The van der Waals surface area contributed by atoms with E-state index in [1.165, 1.54) is 6.07 Å². The highest BCUT2D eigenvalue weighted by molar-refractivity contribution is 5.89. The number of amides is 2. The predicted octanol–water partition coefficient (Wildman–Crippen LogP) is 1.68. The van der Waals surface area contributed by atoms with Crippen LogP contribution in [0.3, 0.4) is 0 Å². The Labute approximate surface area is 148 Å². The summed E-state index contributed by atoms with van der Waals surface area (Å²) in [5, 5.41) is 0. The summed E-state index contributed by atoms with van der Waals surface area (Å²) in [6.45, 7) is 4.53. The van der Waals surface area contributed by atoms with Gasteiger partial charge in [-0.3, -0.25) is 9.59 Å². The van der Waals surface area contributed by atoms with Crippen molar-refractivity contribution >= 4 is 11.8 Å². The van der Waals surface area contributed by atoms with Crippen molar-refractivity contribution in [2.24, 2.45) is 5.92 Å². The summed E-state index contributed by atoms with van der Waals surface area (Å²) < 4.78 is 13.4. The number of halogens is 1. The molecule has 0 N–H and O–H groups in total. The van der Waals surface area contributed by atoms with Crippen LogP contribution in [0.25, 0.3) is 0 Å². The van der Waals surface area contributed by atoms with E-state index in [1.807, 2.05) is 30.8 Å². The zero-order chi connectivity index (χ0) is 18.1. The van der Waals surface area contributed by atoms with Crippen LogP contribution in [0.15, 0.2) is 18.2 Å². The van der Waals surface area contributed by atoms with E-state index in [9.17, 15) is 14.0 Å². The van der Waals surface area contributed by atoms with Crippen LogP contribution in [0.5, 0.6) is 0 Å². The van der Waals surface area contributed by atoms with Gasteiger partial charge in [-0.1, -0.05) is 6.07 Å². The molecule has 1 fully saturated rings. The molecule has 2 amide bonds. The Hall–Kier alpha value is -1.95. The molecule has 3 rings (SSSR count). The molecule has 2 atom stereocenters. The zero-order valence-electron chi connectivity index (χ0n) is 15.2. The fraction of sp³-hybridized carbons (Fsp3) is 0.579. The smallest absolute Gasteiger partial charge is 0.228 e. The highest BCUT2D eigenvalue weighted by Gasteiger charge is 2.38. The Kier molecular flexibility index (Phi) is 5.08. The maximum Gasteiger partial charge on any atom is 0.228 e. The molecule has 1 aromatic carbocycles. The molecule has 2 aliphatic rings. The van der Waals surface area contributed by atoms with Crippen LogP contribution in [0, 0.1) is 11.7 Å². The largest absolute Gasteiger partial charge is 0.341 e. The van der Waals surface area contributed by atoms with Crippen LogP contribution >= 0.6 is 0 Å². The lowest BCUT2D eigenvalue weighted by Gasteiger charge is -2.36. The molecule has 0 aromatic heterocycles. The second kappa shape index (κ2) is 7.12. The Morgan fingerprint density at radius 1 is 1.36 bits per heavy atom. The summed E-state index contributed by atoms with van der Waals surface area (Å²) in [6.07, 6.45) is 0.958. The van der Waals surface area contributed by atoms with Crippen molar-refractivity contribution in [2.45, 2.75) is 25.8 Å². The van der Waals surface area contributed by atoms with Gasteiger partial charge in [-0.05, 0) is 50.7 Å². The molecule has 0 unspecified atom stereocenters. The number of nitrogens with zero attached hydrogens (tertiary/aromatic N) is 3. The van der Waals surface area contributed by atoms with Gasteiger partial charge in [-0.15, -0.1) is 0 Å². The number of hydrogen-bond donors (Lipinski definition) is 0. The second-order valence-electron chi connectivity index (χ2n) is 7.34. The van der Waals surface area contributed by atoms with Gasteiger partial charge in [0.05, 0.1) is 12.0 Å². The summed E-state index contributed by atoms with van der Waals surface area (Å²) in [5.41, 5.74) is 1.99. The van der Waals surface area contributed by atoms with E-state index in [4.69, 9.17) is 0 Å². The lowest BCUT2D eigenvalue weighted by Crippen LogP contribution is -2.43. The molecule has 0 radical (unpaired) electrons. The number of likely N-dealkylation sites (N-methyl/N-ethyl adjacent to an activating group) is 1. The summed E-state index contributed by atoms with van der Waals surface area (Å²) in [5.74, 6) is -0.390. The molecule has 1 saturated heterocycles. The monoisotopic (exact) mass is 347 g/mol. The normalized spacial score (nSPS) is 23.3. The van der Waals surface area contributed by atoms with Gasteiger partial charge in [0.2, 0.25) is 11.8 Å². The molecule has 0 aliphatic carbocycles. The fourth-order valence-electron chi connectivity index (χ4n) is 3.81. The van der Waals surface area contributed by atoms with Gasteiger partial charge in [0, 0.05) is 32.6 Å². The van der Waals surface area contributed by atoms with Crippen molar-refractivity contribution in [3.8, 4) is 0 Å². The summed E-state index contributed by atoms with van der Waals surface area (Å²) in [7, 11) is 3.94. The van der Waals surface area contributed by atoms with Crippen LogP contribution < -0.4 is 0 Å². The molecule has 1 aromatic rings. The predicted molar refractivity (Wildman–Crippen MR) is 93.5 cm³/mol. The lowest BCUT2D eigenvalue weighted by atomic mass is 9.92. The van der Waals surface area contributed by atoms with E-state index >= 15 is 0 Å². The van der Waals surface area contributed by atoms with Crippen molar-refractivity contribution < 1.29 is 14.0 Å². The molecular weight excluding hydrogens is 321 g/mol. The minimum atomic E-state index is -0.265. The number of fused-ring (bicyclic) bond motifs is 1. The number of carbonyl (C=O) groups is 2. The lowest BCUT2D eigenvalue weighted by molar-refractivity contribution is -0.138. The van der Waals surface area contributed by atoms with E-state index in [1.54, 1.807) is 17.0 Å². The maximum atomic E-state index is 13.4. The molecule has 2 aliphatic heterocycles. The molecule has 0 saturated carbocycles. The van der Waals surface area contributed by atoms with Crippen LogP contribution in [0.2, 0.25) is 0 Å². The molecule has 5 nitrogen and oxygen atoms in total. The Bertz CT molecular complexity index is 677. The van der Waals surface area contributed by atoms with E-state index < -0.39 is 0 Å². The fourth-order valence-corrected chi connectivity index (χ4v) is 3.81. The van der Waals surface area contributed by atoms with Gasteiger partial charge in [0.15, 0.2) is 0 Å². The average Bonchev–Trinajstić information content (AvgIpc) is 2.93. The number of carbonyl (C=O) groups excluding carboxylic acids is 2. The van der Waals surface area contributed by atoms with Crippen LogP contribution in [-0.4, -0.2) is 66.8 Å². The number of hydrogen-bond acceptors (Lipinski definition) is 3. The second-order valence-corrected chi connectivity index (χ2v) is 7.34. The van der Waals surface area contributed by atoms with Crippen molar-refractivity contribution in [3.63, 3.8) is 0 Å². The van der Waals surface area contributed by atoms with E-state index in [2.05, 4.69) is 0 Å². The topological polar surface area (TPSA) is 43.9 Å². The summed E-state index contributed by atoms with van der Waals surface area (Å²) in [4.78, 5) is 30.9. The van der Waals surface area contributed by atoms with E-state index in [0.717, 1.165) is 17.7 Å². The minimum Gasteiger partial charge on any atom is -0.341 e. The van der Waals surface area contributed by atoms with Crippen molar-refractivity contribution in [3.05, 3.63) is 35.1 Å². The minimum absolute atomic E-state index is 0.0446. The third-order valence-corrected chi connectivity index (χ3v) is 5.31. The van der Waals surface area contributed by atoms with Gasteiger partial charge < -0.3 is 14.7 Å². The standard InChI is InChI=1S/C19H26FN3O2/c1-13-17-5-4-16(20)10-14(17)6-7-23(13)19(25)15-11-18(24)22(12-15)9-8-21(2)3/h4-5,10,13,15H,6-9,11-12H2,1-3H3/t13-,15+/m1/s1. The van der Waals surface area contributed by atoms with Crippen LogP contribution in [0.1, 0.15) is 30.5 Å². The van der Waals surface area contributed by atoms with Crippen LogP contribution in [0.4, 0.5) is 4.39 Å². The highest BCUT2D eigenvalue weighted by Crippen LogP contribution is 2.32. The third kappa shape index (κ3) is 3.68. The Balaban J connectivity index is 1.68. The third-order valence-electron chi connectivity index (χ3n) is 5.31. The van der Waals surface area contributed by atoms with E-state index in [0.29, 0.717) is 32.5 Å². The van der Waals surface area contributed by atoms with Gasteiger partial charge in [-0.2, -0.15) is 0 Å². The first-order valence-electron chi connectivity index (χ1n) is 8.88. The summed E-state index contributed by atoms with van der Waals surface area (Å²) >= 11 is 0. The first kappa shape index (κ1) is 17.9. The maximum absolute atomic E-state index is 13.4. The van der Waals surface area contributed by atoms with Gasteiger partial charge in [-0.25, -0.2) is 4.39 Å². The number of rotatable bonds is 4. The molecule has 136 valence electrons. The molecule has 0 spiro atoms. The van der Waals surface area contributed by atoms with Gasteiger partial charge >= 0.3 is 0 Å². The molecule has 0 bridgehead atoms. The quantitative estimate of drug-likeness (QED) is 0.832. The molecule has 25 heavy (non-hydrogen) atoms. The Morgan fingerprint density at radius 2 is 2.12 bits per heavy atom. The summed E-state index contributed by atoms with van der Waals surface area (Å²) in [6, 6.07) is 4.71. The van der Waals surface area contributed by atoms with Gasteiger partial charge in [0.25, 0.3) is 0 Å². The van der Waals surface area contributed by atoms with Crippen LogP contribution in [-0.2, 0) is 16.0 Å². The molecule has 6 heteroatoms. The Morgan fingerprint density at radius 3 is 2.84 bits per heavy atom. The number of benzene rings is 1. The zero-order valence-corrected chi connectivity index (χ0v) is 15.2. The molecular formula is C19H26FN3O2. The average molecular weight is 347 g/mol. The van der Waals surface area contributed by atoms with Crippen molar-refractivity contribution in [1.82, 2.24) is 14.7 Å². The first-order chi connectivity index (χ1) is 11.9. The SMILES string of the molecule is C[C@@H]1c2ccc(F)cc2CCN1C(=O)[C@H]1CC(=O)N(CCN(C)C)C1. The highest BCUT2D eigenvalue weighted by atomic mass is 19.1. The van der Waals surface area contributed by atoms with Gasteiger partial charge in [0.1, 0.15) is 5.82 Å². The van der Waals surface area contributed by atoms with Crippen molar-refractivity contribution in [1.29, 1.82) is 0 Å². The van der Waals surface area contributed by atoms with Crippen molar-refractivity contribution in [2.75, 3.05) is 40.3 Å². The van der Waals surface area contributed by atoms with E-state index in [-0.39, 0.29) is 29.6 Å². The number of likely N-dealkylation sites (tertiary alicyclic amines) is 1.